The maximum atomic E-state index is 12.3. The van der Waals surface area contributed by atoms with Crippen molar-refractivity contribution in [2.45, 2.75) is 60.8 Å². The van der Waals surface area contributed by atoms with Crippen LogP contribution in [0.2, 0.25) is 0 Å². The lowest BCUT2D eigenvalue weighted by molar-refractivity contribution is -0.125. The zero-order valence-electron chi connectivity index (χ0n) is 11.7. The fourth-order valence-corrected chi connectivity index (χ4v) is 3.84. The number of Topliss-reactive ketones (excluding diaryl/α,β-unsaturated/α-hetero) is 1. The van der Waals surface area contributed by atoms with Gasteiger partial charge in [-0.15, -0.1) is 0 Å². The summed E-state index contributed by atoms with van der Waals surface area (Å²) in [5.41, 5.74) is 2.63. The second-order valence-electron chi connectivity index (χ2n) is 5.25. The summed E-state index contributed by atoms with van der Waals surface area (Å²) in [5.74, 6) is 1.13. The van der Waals surface area contributed by atoms with E-state index in [1.807, 2.05) is 6.92 Å². The minimum Gasteiger partial charge on any atom is -0.294 e. The fourth-order valence-electron chi connectivity index (χ4n) is 3.84. The van der Waals surface area contributed by atoms with Gasteiger partial charge >= 0.3 is 0 Å². The zero-order chi connectivity index (χ0) is 12.5. The van der Waals surface area contributed by atoms with Crippen molar-refractivity contribution >= 4 is 5.78 Å². The Kier molecular flexibility index (Phi) is 3.98. The molecule has 1 heteroatoms. The van der Waals surface area contributed by atoms with Crippen LogP contribution in [-0.2, 0) is 4.79 Å². The quantitative estimate of drug-likeness (QED) is 0.693. The molecule has 0 saturated carbocycles. The Morgan fingerprint density at radius 3 is 1.94 bits per heavy atom. The molecule has 0 aliphatic heterocycles. The fraction of sp³-hybridized carbons (Fsp3) is 0.800. The van der Waals surface area contributed by atoms with Gasteiger partial charge in [0.15, 0.2) is 5.78 Å². The molecule has 0 aromatic carbocycles. The average Bonchev–Trinajstić information content (AvgIpc) is 2.29. The first-order chi connectivity index (χ1) is 7.46. The first-order valence-electron chi connectivity index (χ1n) is 6.70. The average molecular weight is 222 g/mol. The van der Waals surface area contributed by atoms with Crippen molar-refractivity contribution in [1.29, 1.82) is 0 Å². The second-order valence-corrected chi connectivity index (χ2v) is 5.25. The van der Waals surface area contributed by atoms with Crippen molar-refractivity contribution in [3.05, 3.63) is 11.1 Å². The molecule has 0 radical (unpaired) electrons. The van der Waals surface area contributed by atoms with Crippen LogP contribution in [0.1, 0.15) is 60.8 Å². The lowest BCUT2D eigenvalue weighted by Gasteiger charge is -2.47. The van der Waals surface area contributed by atoms with E-state index in [1.54, 1.807) is 0 Å². The Balaban J connectivity index is 3.32. The molecule has 1 aliphatic rings. The van der Waals surface area contributed by atoms with E-state index in [0.717, 1.165) is 24.8 Å². The molecule has 0 N–H and O–H groups in total. The van der Waals surface area contributed by atoms with Gasteiger partial charge in [0.05, 0.1) is 0 Å². The number of rotatable bonds is 3. The molecule has 2 atom stereocenters. The molecule has 0 spiro atoms. The van der Waals surface area contributed by atoms with Crippen LogP contribution in [-0.4, -0.2) is 5.78 Å². The third-order valence-corrected chi connectivity index (χ3v) is 5.19. The van der Waals surface area contributed by atoms with Crippen molar-refractivity contribution in [2.24, 2.45) is 17.3 Å². The summed E-state index contributed by atoms with van der Waals surface area (Å²) in [6.07, 6.45) is 3.23. The Morgan fingerprint density at radius 1 is 1.06 bits per heavy atom. The number of carbonyl (C=O) groups excluding carboxylic acids is 1. The largest absolute Gasteiger partial charge is 0.294 e. The Morgan fingerprint density at radius 2 is 1.56 bits per heavy atom. The van der Waals surface area contributed by atoms with E-state index in [9.17, 15) is 4.79 Å². The van der Waals surface area contributed by atoms with Crippen LogP contribution in [0.4, 0.5) is 0 Å². The monoisotopic (exact) mass is 222 g/mol. The van der Waals surface area contributed by atoms with Crippen LogP contribution in [0, 0.1) is 17.3 Å². The highest BCUT2D eigenvalue weighted by Crippen LogP contribution is 2.51. The molecule has 16 heavy (non-hydrogen) atoms. The predicted molar refractivity (Wildman–Crippen MR) is 69.3 cm³/mol. The standard InChI is InChI=1S/C15H26O/c1-7-13-10(4)14(16)12(6)15(8-2,9-3)11(13)5/h11-12H,7-9H2,1-6H3. The zero-order valence-corrected chi connectivity index (χ0v) is 11.7. The van der Waals surface area contributed by atoms with Gasteiger partial charge in [0.2, 0.25) is 0 Å². The number of carbonyl (C=O) groups is 1. The van der Waals surface area contributed by atoms with Crippen LogP contribution in [0.5, 0.6) is 0 Å². The maximum Gasteiger partial charge on any atom is 0.161 e. The highest BCUT2D eigenvalue weighted by molar-refractivity contribution is 5.98. The topological polar surface area (TPSA) is 17.1 Å². The first-order valence-corrected chi connectivity index (χ1v) is 6.70. The van der Waals surface area contributed by atoms with E-state index in [2.05, 4.69) is 34.6 Å². The number of allylic oxidation sites excluding steroid dienone is 2. The van der Waals surface area contributed by atoms with Gasteiger partial charge in [0.25, 0.3) is 0 Å². The Bertz CT molecular complexity index is 307. The minimum atomic E-state index is 0.188. The summed E-state index contributed by atoms with van der Waals surface area (Å²) in [6, 6.07) is 0. The molecule has 1 nitrogen and oxygen atoms in total. The summed E-state index contributed by atoms with van der Waals surface area (Å²) in [5, 5.41) is 0. The van der Waals surface area contributed by atoms with Crippen LogP contribution in [0.15, 0.2) is 11.1 Å². The smallest absolute Gasteiger partial charge is 0.161 e. The van der Waals surface area contributed by atoms with E-state index in [1.165, 1.54) is 5.57 Å². The predicted octanol–water partition coefficient (Wildman–Crippen LogP) is 4.37. The van der Waals surface area contributed by atoms with E-state index >= 15 is 0 Å². The van der Waals surface area contributed by atoms with Crippen LogP contribution < -0.4 is 0 Å². The molecule has 0 amide bonds. The molecule has 0 fully saturated rings. The van der Waals surface area contributed by atoms with E-state index in [4.69, 9.17) is 0 Å². The minimum absolute atomic E-state index is 0.188. The van der Waals surface area contributed by atoms with E-state index in [0.29, 0.717) is 11.7 Å². The molecule has 92 valence electrons. The molecule has 1 aliphatic carbocycles. The third kappa shape index (κ3) is 1.65. The van der Waals surface area contributed by atoms with Crippen molar-refractivity contribution in [1.82, 2.24) is 0 Å². The highest BCUT2D eigenvalue weighted by atomic mass is 16.1. The van der Waals surface area contributed by atoms with Gasteiger partial charge in [-0.05, 0) is 43.1 Å². The highest BCUT2D eigenvalue weighted by Gasteiger charge is 2.46. The summed E-state index contributed by atoms with van der Waals surface area (Å²) in [4.78, 5) is 12.3. The molecule has 0 aromatic heterocycles. The SMILES string of the molecule is CCC1=C(C)C(=O)C(C)C(CC)(CC)C1C. The molecule has 1 rings (SSSR count). The summed E-state index contributed by atoms with van der Waals surface area (Å²) >= 11 is 0. The van der Waals surface area contributed by atoms with Crippen molar-refractivity contribution in [3.8, 4) is 0 Å². The van der Waals surface area contributed by atoms with Gasteiger partial charge in [-0.25, -0.2) is 0 Å². The van der Waals surface area contributed by atoms with Crippen molar-refractivity contribution in [3.63, 3.8) is 0 Å². The van der Waals surface area contributed by atoms with Crippen LogP contribution in [0.3, 0.4) is 0 Å². The third-order valence-electron chi connectivity index (χ3n) is 5.19. The lowest BCUT2D eigenvalue weighted by Crippen LogP contribution is -2.44. The molecule has 0 aromatic rings. The normalized spacial score (nSPS) is 29.8. The maximum absolute atomic E-state index is 12.3. The first kappa shape index (κ1) is 13.5. The van der Waals surface area contributed by atoms with Gasteiger partial charge in [-0.2, -0.15) is 0 Å². The Labute approximate surface area is 100 Å². The van der Waals surface area contributed by atoms with Gasteiger partial charge in [0, 0.05) is 5.92 Å². The van der Waals surface area contributed by atoms with E-state index in [-0.39, 0.29) is 11.3 Å². The van der Waals surface area contributed by atoms with Gasteiger partial charge in [-0.1, -0.05) is 40.2 Å². The molecule has 0 heterocycles. The number of hydrogen-bond donors (Lipinski definition) is 0. The van der Waals surface area contributed by atoms with Crippen LogP contribution >= 0.6 is 0 Å². The van der Waals surface area contributed by atoms with Crippen molar-refractivity contribution < 1.29 is 4.79 Å². The molecule has 0 saturated heterocycles. The Hall–Kier alpha value is -0.590. The number of ketones is 1. The summed E-state index contributed by atoms with van der Waals surface area (Å²) in [6.45, 7) is 13.1. The lowest BCUT2D eigenvalue weighted by atomic mass is 9.56. The molecular formula is C15H26O. The second kappa shape index (κ2) is 4.73. The summed E-state index contributed by atoms with van der Waals surface area (Å²) < 4.78 is 0. The van der Waals surface area contributed by atoms with Crippen molar-refractivity contribution in [2.75, 3.05) is 0 Å². The molecular weight excluding hydrogens is 196 g/mol. The van der Waals surface area contributed by atoms with Gasteiger partial charge < -0.3 is 0 Å². The molecule has 0 bridgehead atoms. The van der Waals surface area contributed by atoms with Crippen LogP contribution in [0.25, 0.3) is 0 Å². The van der Waals surface area contributed by atoms with Gasteiger partial charge in [-0.3, -0.25) is 4.79 Å². The van der Waals surface area contributed by atoms with Gasteiger partial charge in [0.1, 0.15) is 0 Å². The summed E-state index contributed by atoms with van der Waals surface area (Å²) in [7, 11) is 0. The molecule has 2 unspecified atom stereocenters. The van der Waals surface area contributed by atoms with E-state index < -0.39 is 0 Å². The number of hydrogen-bond acceptors (Lipinski definition) is 1.